The largest absolute Gasteiger partial charge is 0.484 e. The zero-order valence-corrected chi connectivity index (χ0v) is 14.8. The van der Waals surface area contributed by atoms with E-state index in [0.717, 1.165) is 10.9 Å². The first-order valence-electron chi connectivity index (χ1n) is 7.66. The number of benzene rings is 2. The summed E-state index contributed by atoms with van der Waals surface area (Å²) in [4.78, 5) is 12.6. The molecule has 0 amide bonds. The number of aromatic nitrogens is 1. The summed E-state index contributed by atoms with van der Waals surface area (Å²) >= 11 is 3.21. The first-order valence-corrected chi connectivity index (χ1v) is 8.45. The summed E-state index contributed by atoms with van der Waals surface area (Å²) in [5.74, 6) is -0.155. The topological polar surface area (TPSA) is 55.0 Å². The number of carbonyl (C=O) groups excluding carboxylic acids is 1. The van der Waals surface area contributed by atoms with Crippen LogP contribution in [-0.2, 0) is 6.54 Å². The molecule has 0 unspecified atom stereocenters. The second-order valence-corrected chi connectivity index (χ2v) is 6.30. The van der Waals surface area contributed by atoms with E-state index < -0.39 is 0 Å². The highest BCUT2D eigenvalue weighted by atomic mass is 79.9. The molecule has 0 aliphatic carbocycles. The number of para-hydroxylation sites is 1. The van der Waals surface area contributed by atoms with Gasteiger partial charge in [0, 0.05) is 29.2 Å². The van der Waals surface area contributed by atoms with Crippen molar-refractivity contribution in [3.8, 4) is 11.8 Å². The third-order valence-corrected chi connectivity index (χ3v) is 4.43. The average Bonchev–Trinajstić information content (AvgIpc) is 2.98. The molecular weight excluding hydrogens is 387 g/mol. The maximum absolute atomic E-state index is 13.1. The van der Waals surface area contributed by atoms with Gasteiger partial charge in [0.1, 0.15) is 11.6 Å². The van der Waals surface area contributed by atoms with E-state index in [0.29, 0.717) is 28.8 Å². The fourth-order valence-corrected chi connectivity index (χ4v) is 3.10. The average molecular weight is 401 g/mol. The minimum atomic E-state index is -0.383. The molecule has 0 N–H and O–H groups in total. The lowest BCUT2D eigenvalue weighted by atomic mass is 10.1. The lowest BCUT2D eigenvalue weighted by molar-refractivity contribution is 0.0922. The Morgan fingerprint density at radius 1 is 1.28 bits per heavy atom. The number of carbonyl (C=O) groups is 1. The number of fused-ring (bicyclic) bond motifs is 1. The Balaban J connectivity index is 1.83. The lowest BCUT2D eigenvalue weighted by Gasteiger charge is -2.07. The molecule has 126 valence electrons. The van der Waals surface area contributed by atoms with Crippen LogP contribution in [0, 0.1) is 17.1 Å². The number of ether oxygens (including phenoxy) is 1. The Labute approximate surface area is 152 Å². The lowest BCUT2D eigenvalue weighted by Crippen LogP contribution is -2.11. The number of nitriles is 1. The molecule has 0 bridgehead atoms. The number of ketones is 1. The Morgan fingerprint density at radius 2 is 2.08 bits per heavy atom. The van der Waals surface area contributed by atoms with Crippen LogP contribution in [0.4, 0.5) is 4.39 Å². The number of rotatable bonds is 6. The van der Waals surface area contributed by atoms with Crippen molar-refractivity contribution in [2.24, 2.45) is 0 Å². The summed E-state index contributed by atoms with van der Waals surface area (Å²) in [6.45, 7) is 0.366. The van der Waals surface area contributed by atoms with Crippen LogP contribution in [0.25, 0.3) is 10.9 Å². The number of nitrogens with zero attached hydrogens (tertiary/aromatic N) is 2. The Kier molecular flexibility index (Phi) is 5.15. The first kappa shape index (κ1) is 17.2. The van der Waals surface area contributed by atoms with E-state index in [4.69, 9.17) is 10.00 Å². The third-order valence-electron chi connectivity index (χ3n) is 3.81. The summed E-state index contributed by atoms with van der Waals surface area (Å²) in [5.41, 5.74) is 1.45. The number of Topliss-reactive ketones (excluding diaryl/α,β-unsaturated/α-hetero) is 1. The quantitative estimate of drug-likeness (QED) is 0.562. The van der Waals surface area contributed by atoms with E-state index in [1.807, 2.05) is 28.8 Å². The summed E-state index contributed by atoms with van der Waals surface area (Å²) in [5, 5.41) is 9.62. The van der Waals surface area contributed by atoms with Crippen LogP contribution < -0.4 is 4.74 Å². The molecule has 4 nitrogen and oxygen atoms in total. The monoisotopic (exact) mass is 400 g/mol. The molecule has 0 fully saturated rings. The highest BCUT2D eigenvalue weighted by Crippen LogP contribution is 2.26. The van der Waals surface area contributed by atoms with Crippen molar-refractivity contribution in [2.45, 2.75) is 13.0 Å². The minimum Gasteiger partial charge on any atom is -0.484 e. The van der Waals surface area contributed by atoms with Gasteiger partial charge in [0.25, 0.3) is 0 Å². The van der Waals surface area contributed by atoms with Gasteiger partial charge in [-0.3, -0.25) is 4.79 Å². The van der Waals surface area contributed by atoms with Crippen LogP contribution in [0.5, 0.6) is 5.75 Å². The zero-order valence-electron chi connectivity index (χ0n) is 13.2. The Morgan fingerprint density at radius 3 is 2.84 bits per heavy atom. The summed E-state index contributed by atoms with van der Waals surface area (Å²) in [6.07, 6.45) is 2.12. The third kappa shape index (κ3) is 3.72. The van der Waals surface area contributed by atoms with Gasteiger partial charge in [-0.25, -0.2) is 4.39 Å². The van der Waals surface area contributed by atoms with Gasteiger partial charge in [0.2, 0.25) is 5.78 Å². The summed E-state index contributed by atoms with van der Waals surface area (Å²) < 4.78 is 21.0. The number of halogens is 2. The molecule has 6 heteroatoms. The standard InChI is InChI=1S/C19H14BrFN2O2/c20-16-10-13(21)6-7-19(16)25-12-18(24)15-11-23(9-3-8-22)17-5-2-1-4-14(15)17/h1-2,4-7,10-11H,3,9,12H2. The molecule has 0 saturated heterocycles. The van der Waals surface area contributed by atoms with Crippen molar-refractivity contribution in [3.63, 3.8) is 0 Å². The maximum Gasteiger partial charge on any atom is 0.202 e. The van der Waals surface area contributed by atoms with Gasteiger partial charge >= 0.3 is 0 Å². The second-order valence-electron chi connectivity index (χ2n) is 5.45. The van der Waals surface area contributed by atoms with E-state index in [1.54, 1.807) is 6.20 Å². The fourth-order valence-electron chi connectivity index (χ4n) is 2.64. The van der Waals surface area contributed by atoms with E-state index in [9.17, 15) is 9.18 Å². The van der Waals surface area contributed by atoms with E-state index in [1.165, 1.54) is 18.2 Å². The maximum atomic E-state index is 13.1. The van der Waals surface area contributed by atoms with Crippen molar-refractivity contribution in [1.82, 2.24) is 4.57 Å². The minimum absolute atomic E-state index is 0.156. The zero-order chi connectivity index (χ0) is 17.8. The van der Waals surface area contributed by atoms with Gasteiger partial charge in [-0.1, -0.05) is 18.2 Å². The number of hydrogen-bond acceptors (Lipinski definition) is 3. The molecule has 2 aromatic carbocycles. The van der Waals surface area contributed by atoms with Crippen molar-refractivity contribution in [2.75, 3.05) is 6.61 Å². The van der Waals surface area contributed by atoms with Crippen LogP contribution in [0.2, 0.25) is 0 Å². The Bertz CT molecular complexity index is 975. The van der Waals surface area contributed by atoms with Gasteiger partial charge in [0.15, 0.2) is 6.61 Å². The predicted molar refractivity (Wildman–Crippen MR) is 96.1 cm³/mol. The molecule has 1 aromatic heterocycles. The van der Waals surface area contributed by atoms with Crippen LogP contribution in [-0.4, -0.2) is 17.0 Å². The van der Waals surface area contributed by atoms with Gasteiger partial charge in [-0.05, 0) is 40.2 Å². The molecule has 3 aromatic rings. The van der Waals surface area contributed by atoms with Gasteiger partial charge in [-0.15, -0.1) is 0 Å². The molecule has 25 heavy (non-hydrogen) atoms. The van der Waals surface area contributed by atoms with Gasteiger partial charge in [0.05, 0.1) is 17.0 Å². The smallest absolute Gasteiger partial charge is 0.202 e. The number of aryl methyl sites for hydroxylation is 1. The van der Waals surface area contributed by atoms with Gasteiger partial charge < -0.3 is 9.30 Å². The fraction of sp³-hybridized carbons (Fsp3) is 0.158. The second kappa shape index (κ2) is 7.49. The number of hydrogen-bond donors (Lipinski definition) is 0. The van der Waals surface area contributed by atoms with Crippen molar-refractivity contribution < 1.29 is 13.9 Å². The molecule has 1 heterocycles. The van der Waals surface area contributed by atoms with E-state index in [2.05, 4.69) is 22.0 Å². The first-order chi connectivity index (χ1) is 12.1. The molecule has 0 radical (unpaired) electrons. The van der Waals surface area contributed by atoms with Gasteiger partial charge in [-0.2, -0.15) is 5.26 Å². The van der Waals surface area contributed by atoms with Crippen LogP contribution in [0.1, 0.15) is 16.8 Å². The van der Waals surface area contributed by atoms with Crippen molar-refractivity contribution in [3.05, 3.63) is 64.5 Å². The highest BCUT2D eigenvalue weighted by molar-refractivity contribution is 9.10. The molecular formula is C19H14BrFN2O2. The van der Waals surface area contributed by atoms with E-state index >= 15 is 0 Å². The van der Waals surface area contributed by atoms with Crippen LogP contribution in [0.3, 0.4) is 0 Å². The van der Waals surface area contributed by atoms with Crippen molar-refractivity contribution >= 4 is 32.6 Å². The SMILES string of the molecule is N#CCCn1cc(C(=O)COc2ccc(F)cc2Br)c2ccccc21. The highest BCUT2D eigenvalue weighted by Gasteiger charge is 2.16. The van der Waals surface area contributed by atoms with Crippen molar-refractivity contribution in [1.29, 1.82) is 5.26 Å². The predicted octanol–water partition coefficient (Wildman–Crippen LogP) is 4.72. The molecule has 0 saturated carbocycles. The molecule has 0 aliphatic rings. The van der Waals surface area contributed by atoms with E-state index in [-0.39, 0.29) is 18.2 Å². The van der Waals surface area contributed by atoms with Crippen LogP contribution in [0.15, 0.2) is 53.1 Å². The molecule has 0 aliphatic heterocycles. The van der Waals surface area contributed by atoms with Crippen LogP contribution >= 0.6 is 15.9 Å². The molecule has 0 spiro atoms. The molecule has 0 atom stereocenters. The normalized spacial score (nSPS) is 10.6. The summed E-state index contributed by atoms with van der Waals surface area (Å²) in [6, 6.07) is 13.7. The Hall–Kier alpha value is -2.65. The summed E-state index contributed by atoms with van der Waals surface area (Å²) in [7, 11) is 0. The molecule has 3 rings (SSSR count).